The predicted octanol–water partition coefficient (Wildman–Crippen LogP) is 2.16. The molecule has 5 nitrogen and oxygen atoms in total. The van der Waals surface area contributed by atoms with E-state index in [4.69, 9.17) is 10.5 Å². The molecule has 0 radical (unpaired) electrons. The summed E-state index contributed by atoms with van der Waals surface area (Å²) in [5.74, 6) is 0.434. The first-order chi connectivity index (χ1) is 8.83. The van der Waals surface area contributed by atoms with Crippen LogP contribution in [0, 0.1) is 11.3 Å². The van der Waals surface area contributed by atoms with Gasteiger partial charge in [-0.25, -0.2) is 4.79 Å². The first kappa shape index (κ1) is 16.2. The first-order valence-electron chi connectivity index (χ1n) is 7.11. The van der Waals surface area contributed by atoms with Gasteiger partial charge in [0.2, 0.25) is 0 Å². The Kier molecular flexibility index (Phi) is 6.07. The third-order valence-corrected chi connectivity index (χ3v) is 3.46. The van der Waals surface area contributed by atoms with Gasteiger partial charge < -0.3 is 20.5 Å². The number of rotatable bonds is 5. The van der Waals surface area contributed by atoms with Crippen LogP contribution in [0.4, 0.5) is 4.79 Å². The van der Waals surface area contributed by atoms with E-state index in [0.29, 0.717) is 19.0 Å². The van der Waals surface area contributed by atoms with Gasteiger partial charge >= 0.3 is 6.09 Å². The number of nitrogens with zero attached hydrogens (tertiary/aromatic N) is 1. The van der Waals surface area contributed by atoms with Crippen LogP contribution in [-0.2, 0) is 4.74 Å². The molecule has 3 N–H and O–H groups in total. The van der Waals surface area contributed by atoms with E-state index in [2.05, 4.69) is 0 Å². The molecule has 0 bridgehead atoms. The van der Waals surface area contributed by atoms with Crippen molar-refractivity contribution in [3.05, 3.63) is 0 Å². The van der Waals surface area contributed by atoms with E-state index in [0.717, 1.165) is 32.5 Å². The van der Waals surface area contributed by atoms with Gasteiger partial charge in [-0.15, -0.1) is 0 Å². The third kappa shape index (κ3) is 5.78. The van der Waals surface area contributed by atoms with Crippen molar-refractivity contribution in [3.63, 3.8) is 0 Å². The minimum absolute atomic E-state index is 0.0606. The van der Waals surface area contributed by atoms with Crippen LogP contribution < -0.4 is 5.73 Å². The fourth-order valence-electron chi connectivity index (χ4n) is 2.59. The number of hydrogen-bond donors (Lipinski definition) is 2. The van der Waals surface area contributed by atoms with E-state index in [1.54, 1.807) is 0 Å². The first-order valence-corrected chi connectivity index (χ1v) is 7.11. The molecule has 1 saturated heterocycles. The average Bonchev–Trinajstić information content (AvgIpc) is 2.33. The Labute approximate surface area is 116 Å². The summed E-state index contributed by atoms with van der Waals surface area (Å²) < 4.78 is 5.46. The number of carboxylic acid groups (broad SMARTS) is 1. The van der Waals surface area contributed by atoms with Gasteiger partial charge in [-0.05, 0) is 30.6 Å². The Morgan fingerprint density at radius 3 is 2.63 bits per heavy atom. The summed E-state index contributed by atoms with van der Waals surface area (Å²) in [6, 6.07) is -0.108. The van der Waals surface area contributed by atoms with Crippen molar-refractivity contribution in [2.45, 2.75) is 46.1 Å². The van der Waals surface area contributed by atoms with Crippen molar-refractivity contribution >= 4 is 6.09 Å². The minimum atomic E-state index is -0.873. The molecule has 1 heterocycles. The third-order valence-electron chi connectivity index (χ3n) is 3.46. The van der Waals surface area contributed by atoms with Gasteiger partial charge in [0.05, 0.1) is 0 Å². The predicted molar refractivity (Wildman–Crippen MR) is 75.2 cm³/mol. The van der Waals surface area contributed by atoms with Gasteiger partial charge in [0.1, 0.15) is 0 Å². The second kappa shape index (κ2) is 7.10. The molecule has 1 fully saturated rings. The zero-order valence-corrected chi connectivity index (χ0v) is 12.4. The number of carbonyl (C=O) groups is 1. The summed E-state index contributed by atoms with van der Waals surface area (Å²) in [6.07, 6.45) is 2.11. The summed E-state index contributed by atoms with van der Waals surface area (Å²) in [7, 11) is 0. The lowest BCUT2D eigenvalue weighted by atomic mass is 9.91. The highest BCUT2D eigenvalue weighted by molar-refractivity contribution is 5.65. The van der Waals surface area contributed by atoms with E-state index in [1.807, 2.05) is 20.8 Å². The van der Waals surface area contributed by atoms with E-state index in [9.17, 15) is 9.90 Å². The molecule has 1 unspecified atom stereocenters. The largest absolute Gasteiger partial charge is 0.465 e. The molecule has 0 aromatic rings. The Morgan fingerprint density at radius 2 is 2.21 bits per heavy atom. The molecular formula is C14H28N2O3. The van der Waals surface area contributed by atoms with Crippen molar-refractivity contribution < 1.29 is 14.6 Å². The van der Waals surface area contributed by atoms with Crippen molar-refractivity contribution in [1.29, 1.82) is 0 Å². The highest BCUT2D eigenvalue weighted by atomic mass is 16.5. The van der Waals surface area contributed by atoms with Crippen LogP contribution in [0.2, 0.25) is 0 Å². The van der Waals surface area contributed by atoms with Crippen LogP contribution in [0.15, 0.2) is 0 Å². The lowest BCUT2D eigenvalue weighted by Gasteiger charge is -2.36. The summed E-state index contributed by atoms with van der Waals surface area (Å²) in [4.78, 5) is 13.0. The van der Waals surface area contributed by atoms with E-state index < -0.39 is 6.09 Å². The van der Waals surface area contributed by atoms with Crippen molar-refractivity contribution in [2.75, 3.05) is 26.3 Å². The Morgan fingerprint density at radius 1 is 1.53 bits per heavy atom. The van der Waals surface area contributed by atoms with Crippen molar-refractivity contribution in [1.82, 2.24) is 4.90 Å². The topological polar surface area (TPSA) is 75.8 Å². The monoisotopic (exact) mass is 272 g/mol. The zero-order chi connectivity index (χ0) is 14.5. The summed E-state index contributed by atoms with van der Waals surface area (Å²) in [6.45, 7) is 8.57. The van der Waals surface area contributed by atoms with Gasteiger partial charge in [0.25, 0.3) is 0 Å². The van der Waals surface area contributed by atoms with E-state index in [1.165, 1.54) is 4.90 Å². The smallest absolute Gasteiger partial charge is 0.407 e. The summed E-state index contributed by atoms with van der Waals surface area (Å²) in [5.41, 5.74) is 5.74. The normalized spacial score (nSPS) is 22.0. The quantitative estimate of drug-likeness (QED) is 0.804. The minimum Gasteiger partial charge on any atom is -0.465 e. The van der Waals surface area contributed by atoms with Crippen LogP contribution >= 0.6 is 0 Å². The number of hydrogen-bond acceptors (Lipinski definition) is 3. The highest BCUT2D eigenvalue weighted by Gasteiger charge is 2.29. The van der Waals surface area contributed by atoms with E-state index >= 15 is 0 Å². The number of ether oxygens (including phenoxy) is 1. The molecule has 1 aliphatic rings. The number of amides is 1. The lowest BCUT2D eigenvalue weighted by Crippen LogP contribution is -2.48. The second-order valence-corrected chi connectivity index (χ2v) is 6.68. The number of nitrogens with two attached hydrogens (primary N) is 1. The molecule has 1 amide bonds. The molecule has 5 heteroatoms. The van der Waals surface area contributed by atoms with Crippen molar-refractivity contribution in [2.24, 2.45) is 17.1 Å². The van der Waals surface area contributed by atoms with Gasteiger partial charge in [0.15, 0.2) is 0 Å². The molecule has 0 saturated carbocycles. The van der Waals surface area contributed by atoms with Crippen LogP contribution in [0.5, 0.6) is 0 Å². The zero-order valence-electron chi connectivity index (χ0n) is 12.4. The molecular weight excluding hydrogens is 244 g/mol. The molecule has 0 aromatic heterocycles. The Balaban J connectivity index is 2.64. The SMILES string of the molecule is CC(C)(C)CN(C(=O)O)C(CN)C[C@@H]1CCCOC1. The molecule has 2 atom stereocenters. The van der Waals surface area contributed by atoms with Gasteiger partial charge in [-0.1, -0.05) is 20.8 Å². The maximum absolute atomic E-state index is 11.5. The van der Waals surface area contributed by atoms with Crippen molar-refractivity contribution in [3.8, 4) is 0 Å². The summed E-state index contributed by atoms with van der Waals surface area (Å²) in [5, 5.41) is 9.41. The fourth-order valence-corrected chi connectivity index (χ4v) is 2.59. The van der Waals surface area contributed by atoms with Crippen LogP contribution in [0.1, 0.15) is 40.0 Å². The Hall–Kier alpha value is -0.810. The highest BCUT2D eigenvalue weighted by Crippen LogP contribution is 2.24. The van der Waals surface area contributed by atoms with Crippen LogP contribution in [0.25, 0.3) is 0 Å². The maximum Gasteiger partial charge on any atom is 0.407 e. The van der Waals surface area contributed by atoms with E-state index in [-0.39, 0.29) is 11.5 Å². The Bertz CT molecular complexity index is 283. The van der Waals surface area contributed by atoms with Crippen LogP contribution in [-0.4, -0.2) is 48.4 Å². The summed E-state index contributed by atoms with van der Waals surface area (Å²) >= 11 is 0. The fraction of sp³-hybridized carbons (Fsp3) is 0.929. The molecule has 0 aliphatic carbocycles. The van der Waals surface area contributed by atoms with Crippen LogP contribution in [0.3, 0.4) is 0 Å². The molecule has 1 aliphatic heterocycles. The van der Waals surface area contributed by atoms with Gasteiger partial charge in [0, 0.05) is 32.3 Å². The standard InChI is InChI=1S/C14H28N2O3/c1-14(2,3)10-16(13(17)18)12(8-15)7-11-5-4-6-19-9-11/h11-12H,4-10,15H2,1-3H3,(H,17,18)/t11-,12?/m0/s1. The average molecular weight is 272 g/mol. The maximum atomic E-state index is 11.5. The van der Waals surface area contributed by atoms with Gasteiger partial charge in [-0.3, -0.25) is 0 Å². The van der Waals surface area contributed by atoms with Gasteiger partial charge in [-0.2, -0.15) is 0 Å². The molecule has 112 valence electrons. The molecule has 1 rings (SSSR count). The molecule has 0 aromatic carbocycles. The molecule has 0 spiro atoms. The lowest BCUT2D eigenvalue weighted by molar-refractivity contribution is 0.0343. The second-order valence-electron chi connectivity index (χ2n) is 6.68. The molecule has 19 heavy (non-hydrogen) atoms.